The highest BCUT2D eigenvalue weighted by Gasteiger charge is 2.29. The molecule has 0 amide bonds. The summed E-state index contributed by atoms with van der Waals surface area (Å²) >= 11 is 0. The molecule has 0 aliphatic heterocycles. The van der Waals surface area contributed by atoms with Gasteiger partial charge in [-0.3, -0.25) is 4.79 Å². The van der Waals surface area contributed by atoms with Crippen LogP contribution in [-0.4, -0.2) is 54.6 Å². The number of carboxylic acids is 1. The van der Waals surface area contributed by atoms with Crippen LogP contribution in [0.4, 0.5) is 0 Å². The van der Waals surface area contributed by atoms with Gasteiger partial charge >= 0.3 is 5.97 Å². The van der Waals surface area contributed by atoms with Crippen LogP contribution in [0.15, 0.2) is 0 Å². The lowest BCUT2D eigenvalue weighted by Crippen LogP contribution is -2.50. The standard InChI is InChI=1S/C10H20N2O5S/c1-12(7-6-10(14)15)18(16,17)11-8-4-2-3-5-9(8)13/h8-9,11,13H,2-7H2,1H3,(H,14,15). The highest BCUT2D eigenvalue weighted by molar-refractivity contribution is 7.87. The molecule has 0 aromatic carbocycles. The number of aliphatic hydroxyl groups excluding tert-OH is 1. The van der Waals surface area contributed by atoms with Gasteiger partial charge in [0.25, 0.3) is 10.2 Å². The van der Waals surface area contributed by atoms with Gasteiger partial charge in [0.1, 0.15) is 0 Å². The number of carbonyl (C=O) groups is 1. The molecule has 1 aliphatic carbocycles. The Morgan fingerprint density at radius 2 is 2.00 bits per heavy atom. The van der Waals surface area contributed by atoms with Crippen LogP contribution in [0.25, 0.3) is 0 Å². The van der Waals surface area contributed by atoms with E-state index in [9.17, 15) is 18.3 Å². The molecule has 8 heteroatoms. The molecule has 0 saturated heterocycles. The summed E-state index contributed by atoms with van der Waals surface area (Å²) in [7, 11) is -2.41. The Bertz CT molecular complexity index is 384. The Balaban J connectivity index is 2.54. The normalized spacial score (nSPS) is 25.3. The summed E-state index contributed by atoms with van der Waals surface area (Å²) in [5.74, 6) is -1.05. The van der Waals surface area contributed by atoms with Crippen LogP contribution >= 0.6 is 0 Å². The van der Waals surface area contributed by atoms with E-state index in [1.54, 1.807) is 0 Å². The van der Waals surface area contributed by atoms with Gasteiger partial charge in [-0.05, 0) is 12.8 Å². The Morgan fingerprint density at radius 3 is 2.56 bits per heavy atom. The molecular formula is C10H20N2O5S. The van der Waals surface area contributed by atoms with Crippen molar-refractivity contribution < 1.29 is 23.4 Å². The quantitative estimate of drug-likeness (QED) is 0.610. The van der Waals surface area contributed by atoms with Gasteiger partial charge < -0.3 is 10.2 Å². The minimum atomic E-state index is -3.73. The molecular weight excluding hydrogens is 260 g/mol. The number of hydrogen-bond acceptors (Lipinski definition) is 4. The molecule has 2 unspecified atom stereocenters. The summed E-state index contributed by atoms with van der Waals surface area (Å²) in [6.45, 7) is -0.0898. The number of rotatable bonds is 6. The molecule has 1 fully saturated rings. The van der Waals surface area contributed by atoms with E-state index in [-0.39, 0.29) is 13.0 Å². The van der Waals surface area contributed by atoms with Gasteiger partial charge in [-0.2, -0.15) is 17.4 Å². The lowest BCUT2D eigenvalue weighted by Gasteiger charge is -2.29. The molecule has 2 atom stereocenters. The first-order chi connectivity index (χ1) is 8.33. The van der Waals surface area contributed by atoms with E-state index in [0.29, 0.717) is 12.8 Å². The Kier molecular flexibility index (Phi) is 5.51. The first kappa shape index (κ1) is 15.4. The Hall–Kier alpha value is -0.700. The summed E-state index contributed by atoms with van der Waals surface area (Å²) in [4.78, 5) is 10.4. The smallest absolute Gasteiger partial charge is 0.304 e. The second-order valence-electron chi connectivity index (χ2n) is 4.55. The van der Waals surface area contributed by atoms with Crippen molar-refractivity contribution in [2.75, 3.05) is 13.6 Å². The molecule has 0 heterocycles. The lowest BCUT2D eigenvalue weighted by molar-refractivity contribution is -0.137. The molecule has 106 valence electrons. The van der Waals surface area contributed by atoms with Gasteiger partial charge in [0.05, 0.1) is 12.5 Å². The minimum absolute atomic E-state index is 0.0898. The van der Waals surface area contributed by atoms with E-state index in [1.165, 1.54) is 7.05 Å². The third-order valence-electron chi connectivity index (χ3n) is 3.08. The molecule has 1 saturated carbocycles. The van der Waals surface area contributed by atoms with Crippen molar-refractivity contribution in [3.05, 3.63) is 0 Å². The van der Waals surface area contributed by atoms with E-state index in [4.69, 9.17) is 5.11 Å². The average Bonchev–Trinajstić information content (AvgIpc) is 2.28. The molecule has 0 aromatic rings. The van der Waals surface area contributed by atoms with E-state index in [2.05, 4.69) is 4.72 Å². The summed E-state index contributed by atoms with van der Waals surface area (Å²) < 4.78 is 27.1. The lowest BCUT2D eigenvalue weighted by atomic mass is 9.93. The molecule has 3 N–H and O–H groups in total. The molecule has 0 aromatic heterocycles. The molecule has 1 rings (SSSR count). The number of carboxylic acid groups (broad SMARTS) is 1. The van der Waals surface area contributed by atoms with E-state index in [1.807, 2.05) is 0 Å². The summed E-state index contributed by atoms with van der Waals surface area (Å²) in [5.41, 5.74) is 0. The SMILES string of the molecule is CN(CCC(=O)O)S(=O)(=O)NC1CCCCC1O. The maximum Gasteiger partial charge on any atom is 0.304 e. The van der Waals surface area contributed by atoms with Crippen LogP contribution in [0.2, 0.25) is 0 Å². The maximum absolute atomic E-state index is 11.9. The molecule has 18 heavy (non-hydrogen) atoms. The van der Waals surface area contributed by atoms with Crippen molar-refractivity contribution >= 4 is 16.2 Å². The summed E-state index contributed by atoms with van der Waals surface area (Å²) in [6, 6.07) is -0.476. The van der Waals surface area contributed by atoms with Crippen molar-refractivity contribution in [1.29, 1.82) is 0 Å². The Morgan fingerprint density at radius 1 is 1.39 bits per heavy atom. The van der Waals surface area contributed by atoms with Crippen LogP contribution < -0.4 is 4.72 Å². The molecule has 7 nitrogen and oxygen atoms in total. The van der Waals surface area contributed by atoms with Crippen LogP contribution in [-0.2, 0) is 15.0 Å². The van der Waals surface area contributed by atoms with Crippen molar-refractivity contribution in [3.8, 4) is 0 Å². The monoisotopic (exact) mass is 280 g/mol. The van der Waals surface area contributed by atoms with Gasteiger partial charge in [0.2, 0.25) is 0 Å². The summed E-state index contributed by atoms with van der Waals surface area (Å²) in [6.07, 6.45) is 2.06. The molecule has 0 radical (unpaired) electrons. The van der Waals surface area contributed by atoms with Crippen LogP contribution in [0.3, 0.4) is 0 Å². The maximum atomic E-state index is 11.9. The fourth-order valence-corrected chi connectivity index (χ4v) is 3.07. The van der Waals surface area contributed by atoms with Gasteiger partial charge in [-0.25, -0.2) is 0 Å². The zero-order valence-corrected chi connectivity index (χ0v) is 11.2. The first-order valence-electron chi connectivity index (χ1n) is 5.96. The average molecular weight is 280 g/mol. The topological polar surface area (TPSA) is 107 Å². The van der Waals surface area contributed by atoms with Gasteiger partial charge in [0, 0.05) is 19.6 Å². The van der Waals surface area contributed by atoms with E-state index >= 15 is 0 Å². The zero-order chi connectivity index (χ0) is 13.8. The van der Waals surface area contributed by atoms with Crippen LogP contribution in [0.1, 0.15) is 32.1 Å². The van der Waals surface area contributed by atoms with Crippen molar-refractivity contribution in [1.82, 2.24) is 9.03 Å². The van der Waals surface area contributed by atoms with Gasteiger partial charge in [-0.15, -0.1) is 0 Å². The largest absolute Gasteiger partial charge is 0.481 e. The number of aliphatic hydroxyl groups is 1. The van der Waals surface area contributed by atoms with Crippen LogP contribution in [0, 0.1) is 0 Å². The first-order valence-corrected chi connectivity index (χ1v) is 7.40. The second kappa shape index (κ2) is 6.46. The van der Waals surface area contributed by atoms with Crippen molar-refractivity contribution in [2.45, 2.75) is 44.2 Å². The third kappa shape index (κ3) is 4.52. The van der Waals surface area contributed by atoms with Crippen molar-refractivity contribution in [2.24, 2.45) is 0 Å². The number of aliphatic carboxylic acids is 1. The number of nitrogens with zero attached hydrogens (tertiary/aromatic N) is 1. The van der Waals surface area contributed by atoms with E-state index < -0.39 is 28.3 Å². The molecule has 0 spiro atoms. The molecule has 1 aliphatic rings. The van der Waals surface area contributed by atoms with Crippen LogP contribution in [0.5, 0.6) is 0 Å². The minimum Gasteiger partial charge on any atom is -0.481 e. The van der Waals surface area contributed by atoms with Crippen molar-refractivity contribution in [3.63, 3.8) is 0 Å². The van der Waals surface area contributed by atoms with Gasteiger partial charge in [-0.1, -0.05) is 12.8 Å². The fourth-order valence-electron chi connectivity index (χ4n) is 1.90. The zero-order valence-electron chi connectivity index (χ0n) is 10.4. The van der Waals surface area contributed by atoms with E-state index in [0.717, 1.165) is 17.1 Å². The highest BCUT2D eigenvalue weighted by atomic mass is 32.2. The van der Waals surface area contributed by atoms with Gasteiger partial charge in [0.15, 0.2) is 0 Å². The Labute approximate surface area is 107 Å². The number of nitrogens with one attached hydrogen (secondary N) is 1. The number of hydrogen-bond donors (Lipinski definition) is 3. The summed E-state index contributed by atoms with van der Waals surface area (Å²) in [5, 5.41) is 18.2. The highest BCUT2D eigenvalue weighted by Crippen LogP contribution is 2.19. The third-order valence-corrected chi connectivity index (χ3v) is 4.68. The predicted octanol–water partition coefficient (Wildman–Crippen LogP) is -0.469. The fraction of sp³-hybridized carbons (Fsp3) is 0.900. The second-order valence-corrected chi connectivity index (χ2v) is 6.36. The molecule has 0 bridgehead atoms. The predicted molar refractivity (Wildman–Crippen MR) is 65.2 cm³/mol.